The predicted molar refractivity (Wildman–Crippen MR) is 154 cm³/mol. The lowest BCUT2D eigenvalue weighted by molar-refractivity contribution is -0.125. The monoisotopic (exact) mass is 520 g/mol. The molecule has 2 heterocycles. The number of hydrogen-bond acceptors (Lipinski definition) is 8. The second-order valence-corrected chi connectivity index (χ2v) is 9.58. The van der Waals surface area contributed by atoms with Crippen molar-refractivity contribution in [2.24, 2.45) is 0 Å². The minimum atomic E-state index is -0.0443. The molecule has 1 aromatic heterocycles. The van der Waals surface area contributed by atoms with E-state index in [9.17, 15) is 9.90 Å². The summed E-state index contributed by atoms with van der Waals surface area (Å²) in [6.07, 6.45) is 2.04. The third-order valence-corrected chi connectivity index (χ3v) is 6.42. The molecule has 38 heavy (non-hydrogen) atoms. The summed E-state index contributed by atoms with van der Waals surface area (Å²) in [6, 6.07) is 12.0. The number of anilines is 2. The highest BCUT2D eigenvalue weighted by molar-refractivity contribution is 5.95. The number of ether oxygens (including phenoxy) is 1. The predicted octanol–water partition coefficient (Wildman–Crippen LogP) is 3.85. The number of fused-ring (bicyclic) bond motifs is 2. The summed E-state index contributed by atoms with van der Waals surface area (Å²) >= 11 is 0. The van der Waals surface area contributed by atoms with Gasteiger partial charge in [0.05, 0.1) is 12.2 Å². The first-order valence-electron chi connectivity index (χ1n) is 13.0. The molecule has 1 atom stereocenters. The van der Waals surface area contributed by atoms with Crippen molar-refractivity contribution in [1.29, 1.82) is 0 Å². The molecular weight excluding hydrogens is 480 g/mol. The van der Waals surface area contributed by atoms with Crippen molar-refractivity contribution in [2.75, 3.05) is 50.9 Å². The standard InChI is InChI=1S/C22H27N5O2.C7H13NO/c1-14(12-26(2)3)29-22-24-19-13-27(9-8-18(19)21(23)25-22)20-11-16(28)10-15-6-4-5-7-17(15)20;1-4-7(9)8(5-2)6-3/h4-7,10-11,14,28H,8-9,12-13H2,1-3H3,(H2,23,24,25);4H,1,5-6H2,2-3H3/t14-;/m1./s1. The summed E-state index contributed by atoms with van der Waals surface area (Å²) < 4.78 is 5.90. The highest BCUT2D eigenvalue weighted by atomic mass is 16.5. The van der Waals surface area contributed by atoms with Crippen LogP contribution in [0.5, 0.6) is 11.8 Å². The van der Waals surface area contributed by atoms with Crippen molar-refractivity contribution in [1.82, 2.24) is 19.8 Å². The zero-order valence-corrected chi connectivity index (χ0v) is 23.1. The number of nitrogens with two attached hydrogens (primary N) is 1. The molecule has 0 bridgehead atoms. The van der Waals surface area contributed by atoms with Crippen LogP contribution in [0, 0.1) is 0 Å². The first-order valence-corrected chi connectivity index (χ1v) is 13.0. The molecule has 0 unspecified atom stereocenters. The molecule has 0 spiro atoms. The fourth-order valence-electron chi connectivity index (χ4n) is 4.63. The second kappa shape index (κ2) is 13.1. The lowest BCUT2D eigenvalue weighted by atomic mass is 10.0. The Morgan fingerprint density at radius 3 is 2.58 bits per heavy atom. The number of carbonyl (C=O) groups is 1. The van der Waals surface area contributed by atoms with E-state index in [0.29, 0.717) is 18.4 Å². The van der Waals surface area contributed by atoms with Gasteiger partial charge in [0.2, 0.25) is 5.91 Å². The maximum atomic E-state index is 10.8. The lowest BCUT2D eigenvalue weighted by Crippen LogP contribution is -2.33. The molecule has 0 radical (unpaired) electrons. The van der Waals surface area contributed by atoms with E-state index < -0.39 is 0 Å². The highest BCUT2D eigenvalue weighted by Gasteiger charge is 2.24. The van der Waals surface area contributed by atoms with E-state index in [1.165, 1.54) is 6.08 Å². The van der Waals surface area contributed by atoms with Gasteiger partial charge in [-0.1, -0.05) is 30.8 Å². The molecule has 3 N–H and O–H groups in total. The van der Waals surface area contributed by atoms with Gasteiger partial charge in [0.1, 0.15) is 17.7 Å². The topological polar surface area (TPSA) is 108 Å². The van der Waals surface area contributed by atoms with Crippen LogP contribution in [0.2, 0.25) is 0 Å². The van der Waals surface area contributed by atoms with Gasteiger partial charge in [-0.25, -0.2) is 0 Å². The van der Waals surface area contributed by atoms with E-state index in [2.05, 4.69) is 32.4 Å². The van der Waals surface area contributed by atoms with E-state index in [-0.39, 0.29) is 17.8 Å². The van der Waals surface area contributed by atoms with Gasteiger partial charge >= 0.3 is 6.01 Å². The van der Waals surface area contributed by atoms with Crippen molar-refractivity contribution in [3.05, 3.63) is 60.3 Å². The Balaban J connectivity index is 0.000000383. The molecule has 0 saturated carbocycles. The maximum absolute atomic E-state index is 10.8. The lowest BCUT2D eigenvalue weighted by Gasteiger charge is -2.31. The summed E-state index contributed by atoms with van der Waals surface area (Å²) in [5.41, 5.74) is 9.07. The fraction of sp³-hybridized carbons (Fsp3) is 0.414. The summed E-state index contributed by atoms with van der Waals surface area (Å²) in [7, 11) is 4.00. The minimum absolute atomic E-state index is 0.0139. The molecule has 4 rings (SSSR count). The number of phenolic OH excluding ortho intramolecular Hbond substituents is 1. The number of aromatic nitrogens is 2. The van der Waals surface area contributed by atoms with E-state index in [4.69, 9.17) is 10.5 Å². The first-order chi connectivity index (χ1) is 18.2. The number of nitrogen functional groups attached to an aromatic ring is 1. The molecule has 9 heteroatoms. The smallest absolute Gasteiger partial charge is 0.318 e. The number of likely N-dealkylation sites (N-methyl/N-ethyl adjacent to an activating group) is 2. The zero-order valence-electron chi connectivity index (χ0n) is 23.1. The number of rotatable bonds is 8. The third kappa shape index (κ3) is 7.13. The van der Waals surface area contributed by atoms with E-state index in [1.54, 1.807) is 11.0 Å². The molecular formula is C29H40N6O3. The Bertz CT molecular complexity index is 1260. The SMILES string of the molecule is C=CC(=O)N(CC)CC.C[C@H](CN(C)C)Oc1nc(N)c2c(n1)CN(c1cc(O)cc3ccccc13)CC2. The molecule has 3 aromatic rings. The molecule has 0 saturated heterocycles. The molecule has 1 aliphatic heterocycles. The van der Waals surface area contributed by atoms with Crippen LogP contribution in [-0.4, -0.2) is 77.2 Å². The van der Waals surface area contributed by atoms with Gasteiger partial charge in [0, 0.05) is 48.9 Å². The maximum Gasteiger partial charge on any atom is 0.318 e. The number of amides is 1. The molecule has 9 nitrogen and oxygen atoms in total. The van der Waals surface area contributed by atoms with Crippen LogP contribution in [0.1, 0.15) is 32.0 Å². The molecule has 0 aliphatic carbocycles. The van der Waals surface area contributed by atoms with Crippen LogP contribution in [0.3, 0.4) is 0 Å². The largest absolute Gasteiger partial charge is 0.508 e. The number of aromatic hydroxyl groups is 1. The Labute approximate surface area is 225 Å². The minimum Gasteiger partial charge on any atom is -0.508 e. The number of phenols is 1. The van der Waals surface area contributed by atoms with Crippen LogP contribution in [-0.2, 0) is 17.8 Å². The second-order valence-electron chi connectivity index (χ2n) is 9.58. The quantitative estimate of drug-likeness (QED) is 0.431. The van der Waals surface area contributed by atoms with Crippen LogP contribution in [0.25, 0.3) is 10.8 Å². The van der Waals surface area contributed by atoms with Gasteiger partial charge in [-0.15, -0.1) is 0 Å². The van der Waals surface area contributed by atoms with Crippen molar-refractivity contribution in [3.63, 3.8) is 0 Å². The third-order valence-electron chi connectivity index (χ3n) is 6.42. The summed E-state index contributed by atoms with van der Waals surface area (Å²) in [4.78, 5) is 25.8. The molecule has 1 amide bonds. The van der Waals surface area contributed by atoms with Crippen molar-refractivity contribution in [3.8, 4) is 11.8 Å². The molecule has 0 fully saturated rings. The highest BCUT2D eigenvalue weighted by Crippen LogP contribution is 2.35. The van der Waals surface area contributed by atoms with Gasteiger partial charge < -0.3 is 30.3 Å². The number of benzene rings is 2. The van der Waals surface area contributed by atoms with E-state index in [0.717, 1.165) is 60.3 Å². The summed E-state index contributed by atoms with van der Waals surface area (Å²) in [5, 5.41) is 12.3. The van der Waals surface area contributed by atoms with Crippen LogP contribution >= 0.6 is 0 Å². The average Bonchev–Trinajstić information content (AvgIpc) is 2.88. The van der Waals surface area contributed by atoms with Crippen molar-refractivity contribution in [2.45, 2.75) is 39.8 Å². The number of nitrogens with zero attached hydrogens (tertiary/aromatic N) is 5. The van der Waals surface area contributed by atoms with Gasteiger partial charge in [-0.2, -0.15) is 9.97 Å². The Morgan fingerprint density at radius 1 is 1.24 bits per heavy atom. The van der Waals surface area contributed by atoms with Crippen LogP contribution < -0.4 is 15.4 Å². The van der Waals surface area contributed by atoms with E-state index in [1.807, 2.05) is 59.1 Å². The Hall–Kier alpha value is -3.85. The van der Waals surface area contributed by atoms with E-state index >= 15 is 0 Å². The summed E-state index contributed by atoms with van der Waals surface area (Å²) in [5.74, 6) is 0.760. The fourth-order valence-corrected chi connectivity index (χ4v) is 4.63. The van der Waals surface area contributed by atoms with Crippen LogP contribution in [0.15, 0.2) is 49.1 Å². The Kier molecular flexibility index (Phi) is 9.90. The number of carbonyl (C=O) groups excluding carboxylic acids is 1. The van der Waals surface area contributed by atoms with Crippen LogP contribution in [0.4, 0.5) is 11.5 Å². The van der Waals surface area contributed by atoms with Gasteiger partial charge in [0.15, 0.2) is 0 Å². The average molecular weight is 521 g/mol. The van der Waals surface area contributed by atoms with Crippen molar-refractivity contribution >= 4 is 28.2 Å². The molecule has 204 valence electrons. The summed E-state index contributed by atoms with van der Waals surface area (Å²) in [6.45, 7) is 12.9. The first kappa shape index (κ1) is 28.7. The van der Waals surface area contributed by atoms with Gasteiger partial charge in [0.25, 0.3) is 0 Å². The zero-order chi connectivity index (χ0) is 27.8. The molecule has 1 aliphatic rings. The van der Waals surface area contributed by atoms with Crippen molar-refractivity contribution < 1.29 is 14.6 Å². The van der Waals surface area contributed by atoms with Gasteiger partial charge in [-0.3, -0.25) is 4.79 Å². The van der Waals surface area contributed by atoms with Gasteiger partial charge in [-0.05, 0) is 58.8 Å². The normalized spacial score (nSPS) is 13.4. The molecule has 2 aromatic carbocycles. The number of hydrogen-bond donors (Lipinski definition) is 2. The Morgan fingerprint density at radius 2 is 1.95 bits per heavy atom.